The summed E-state index contributed by atoms with van der Waals surface area (Å²) in [6, 6.07) is 5.32. The van der Waals surface area contributed by atoms with Crippen molar-refractivity contribution in [2.24, 2.45) is 0 Å². The van der Waals surface area contributed by atoms with Crippen molar-refractivity contribution in [3.05, 3.63) is 24.4 Å². The van der Waals surface area contributed by atoms with Crippen molar-refractivity contribution in [2.75, 3.05) is 5.32 Å². The average molecular weight is 178 g/mol. The molecule has 66 valence electrons. The lowest BCUT2D eigenvalue weighted by Gasteiger charge is -1.88. The van der Waals surface area contributed by atoms with E-state index < -0.39 is 6.09 Å². The highest BCUT2D eigenvalue weighted by atomic mass is 16.4. The van der Waals surface area contributed by atoms with Crippen LogP contribution in [0.5, 0.6) is 0 Å². The smallest absolute Gasteiger partial charge is 0.411 e. The van der Waals surface area contributed by atoms with Crippen molar-refractivity contribution in [3.8, 4) is 0 Å². The van der Waals surface area contributed by atoms with Gasteiger partial charge in [0.25, 0.3) is 5.95 Å². The standard InChI is InChI=1S/C7H6N4O2/c12-7(13)9-6-8-5-3-1-2-4-11(5)10-6/h1-4H,(H,9,10)(H,12,13). The summed E-state index contributed by atoms with van der Waals surface area (Å²) in [5.41, 5.74) is 0.603. The van der Waals surface area contributed by atoms with Crippen molar-refractivity contribution in [1.29, 1.82) is 0 Å². The van der Waals surface area contributed by atoms with Gasteiger partial charge in [-0.3, -0.25) is 5.32 Å². The summed E-state index contributed by atoms with van der Waals surface area (Å²) in [7, 11) is 0. The predicted molar refractivity (Wildman–Crippen MR) is 44.6 cm³/mol. The third-order valence-corrected chi connectivity index (χ3v) is 1.46. The van der Waals surface area contributed by atoms with Crippen LogP contribution in [0.1, 0.15) is 0 Å². The molecule has 0 aliphatic rings. The van der Waals surface area contributed by atoms with Gasteiger partial charge in [0, 0.05) is 6.20 Å². The molecule has 0 unspecified atom stereocenters. The molecular weight excluding hydrogens is 172 g/mol. The molecule has 0 fully saturated rings. The summed E-state index contributed by atoms with van der Waals surface area (Å²) in [6.07, 6.45) is 0.519. The molecule has 0 aromatic carbocycles. The van der Waals surface area contributed by atoms with Gasteiger partial charge in [-0.2, -0.15) is 4.98 Å². The monoisotopic (exact) mass is 178 g/mol. The molecule has 2 N–H and O–H groups in total. The highest BCUT2D eigenvalue weighted by Gasteiger charge is 2.04. The molecule has 0 atom stereocenters. The second-order valence-electron chi connectivity index (χ2n) is 2.37. The van der Waals surface area contributed by atoms with Crippen LogP contribution < -0.4 is 5.32 Å². The molecule has 13 heavy (non-hydrogen) atoms. The number of nitrogens with one attached hydrogen (secondary N) is 1. The SMILES string of the molecule is O=C(O)Nc1nc2ccccn2n1. The van der Waals surface area contributed by atoms with Crippen molar-refractivity contribution in [3.63, 3.8) is 0 Å². The lowest BCUT2D eigenvalue weighted by molar-refractivity contribution is 0.209. The zero-order valence-electron chi connectivity index (χ0n) is 6.51. The molecule has 2 aromatic rings. The van der Waals surface area contributed by atoms with Gasteiger partial charge in [0.2, 0.25) is 0 Å². The van der Waals surface area contributed by atoms with E-state index in [0.29, 0.717) is 5.65 Å². The first-order valence-electron chi connectivity index (χ1n) is 3.57. The number of fused-ring (bicyclic) bond motifs is 1. The van der Waals surface area contributed by atoms with Gasteiger partial charge < -0.3 is 5.11 Å². The van der Waals surface area contributed by atoms with Crippen molar-refractivity contribution >= 4 is 17.7 Å². The Hall–Kier alpha value is -2.11. The number of nitrogens with zero attached hydrogens (tertiary/aromatic N) is 3. The van der Waals surface area contributed by atoms with Gasteiger partial charge in [-0.15, -0.1) is 5.10 Å². The van der Waals surface area contributed by atoms with Crippen molar-refractivity contribution in [1.82, 2.24) is 14.6 Å². The molecule has 0 radical (unpaired) electrons. The fourth-order valence-electron chi connectivity index (χ4n) is 0.980. The largest absolute Gasteiger partial charge is 0.465 e. The summed E-state index contributed by atoms with van der Waals surface area (Å²) >= 11 is 0. The molecule has 0 saturated heterocycles. The number of pyridine rings is 1. The summed E-state index contributed by atoms with van der Waals surface area (Å²) in [6.45, 7) is 0. The average Bonchev–Trinajstić information content (AvgIpc) is 2.44. The van der Waals surface area contributed by atoms with Gasteiger partial charge in [0.15, 0.2) is 5.65 Å². The Kier molecular flexibility index (Phi) is 1.59. The quantitative estimate of drug-likeness (QED) is 0.677. The molecule has 0 aliphatic carbocycles. The van der Waals surface area contributed by atoms with Gasteiger partial charge in [-0.1, -0.05) is 6.07 Å². The number of rotatable bonds is 1. The summed E-state index contributed by atoms with van der Waals surface area (Å²) < 4.78 is 1.49. The Morgan fingerprint density at radius 2 is 2.38 bits per heavy atom. The maximum Gasteiger partial charge on any atom is 0.411 e. The van der Waals surface area contributed by atoms with Crippen molar-refractivity contribution in [2.45, 2.75) is 0 Å². The highest BCUT2D eigenvalue weighted by molar-refractivity contribution is 5.80. The minimum absolute atomic E-state index is 0.0821. The predicted octanol–water partition coefficient (Wildman–Crippen LogP) is 0.819. The van der Waals surface area contributed by atoms with Crippen LogP contribution in [0.25, 0.3) is 5.65 Å². The molecule has 2 rings (SSSR count). The van der Waals surface area contributed by atoms with E-state index in [1.54, 1.807) is 24.4 Å². The molecular formula is C7H6N4O2. The molecule has 0 spiro atoms. The molecule has 0 saturated carbocycles. The Morgan fingerprint density at radius 1 is 1.54 bits per heavy atom. The van der Waals surface area contributed by atoms with E-state index in [2.05, 4.69) is 15.4 Å². The van der Waals surface area contributed by atoms with Gasteiger partial charge in [-0.25, -0.2) is 9.31 Å². The Morgan fingerprint density at radius 3 is 3.08 bits per heavy atom. The summed E-state index contributed by atoms with van der Waals surface area (Å²) in [5.74, 6) is 0.0821. The zero-order valence-corrected chi connectivity index (χ0v) is 6.51. The Bertz CT molecular complexity index is 417. The number of carboxylic acid groups (broad SMARTS) is 1. The van der Waals surface area contributed by atoms with Crippen LogP contribution >= 0.6 is 0 Å². The van der Waals surface area contributed by atoms with Crippen LogP contribution in [0.4, 0.5) is 10.7 Å². The highest BCUT2D eigenvalue weighted by Crippen LogP contribution is 2.03. The van der Waals surface area contributed by atoms with Gasteiger partial charge in [0.05, 0.1) is 0 Å². The first-order valence-corrected chi connectivity index (χ1v) is 3.57. The molecule has 0 aliphatic heterocycles. The van der Waals surface area contributed by atoms with E-state index in [0.717, 1.165) is 0 Å². The van der Waals surface area contributed by atoms with Crippen LogP contribution in [0, 0.1) is 0 Å². The number of hydrogen-bond donors (Lipinski definition) is 2. The van der Waals surface area contributed by atoms with E-state index >= 15 is 0 Å². The van der Waals surface area contributed by atoms with Crippen LogP contribution in [-0.4, -0.2) is 25.8 Å². The third kappa shape index (κ3) is 1.41. The molecule has 0 bridgehead atoms. The number of carbonyl (C=O) groups is 1. The first kappa shape index (κ1) is 7.53. The van der Waals surface area contributed by atoms with E-state index in [1.165, 1.54) is 4.52 Å². The van der Waals surface area contributed by atoms with Crippen LogP contribution in [0.3, 0.4) is 0 Å². The van der Waals surface area contributed by atoms with Gasteiger partial charge in [0.1, 0.15) is 0 Å². The van der Waals surface area contributed by atoms with E-state index in [4.69, 9.17) is 5.11 Å². The lowest BCUT2D eigenvalue weighted by Crippen LogP contribution is -2.08. The van der Waals surface area contributed by atoms with E-state index in [-0.39, 0.29) is 5.95 Å². The maximum atomic E-state index is 10.2. The van der Waals surface area contributed by atoms with E-state index in [1.807, 2.05) is 0 Å². The number of anilines is 1. The number of aromatic nitrogens is 3. The molecule has 6 heteroatoms. The van der Waals surface area contributed by atoms with Gasteiger partial charge in [-0.05, 0) is 12.1 Å². The second-order valence-corrected chi connectivity index (χ2v) is 2.37. The van der Waals surface area contributed by atoms with Crippen LogP contribution in [-0.2, 0) is 0 Å². The molecule has 2 heterocycles. The molecule has 2 aromatic heterocycles. The first-order chi connectivity index (χ1) is 6.25. The van der Waals surface area contributed by atoms with Gasteiger partial charge >= 0.3 is 6.09 Å². The minimum Gasteiger partial charge on any atom is -0.465 e. The Balaban J connectivity index is 2.44. The molecule has 1 amide bonds. The number of amides is 1. The maximum absolute atomic E-state index is 10.2. The lowest BCUT2D eigenvalue weighted by atomic mass is 10.5. The number of hydrogen-bond acceptors (Lipinski definition) is 3. The fraction of sp³-hybridized carbons (Fsp3) is 0. The van der Waals surface area contributed by atoms with Crippen molar-refractivity contribution < 1.29 is 9.90 Å². The zero-order chi connectivity index (χ0) is 9.26. The normalized spacial score (nSPS) is 10.2. The minimum atomic E-state index is -1.17. The van der Waals surface area contributed by atoms with Crippen LogP contribution in [0.2, 0.25) is 0 Å². The Labute approximate surface area is 72.8 Å². The topological polar surface area (TPSA) is 79.5 Å². The van der Waals surface area contributed by atoms with E-state index in [9.17, 15) is 4.79 Å². The molecule has 6 nitrogen and oxygen atoms in total. The summed E-state index contributed by atoms with van der Waals surface area (Å²) in [5, 5.41) is 14.3. The third-order valence-electron chi connectivity index (χ3n) is 1.46. The fourth-order valence-corrected chi connectivity index (χ4v) is 0.980. The summed E-state index contributed by atoms with van der Waals surface area (Å²) in [4.78, 5) is 14.2. The van der Waals surface area contributed by atoms with Crippen LogP contribution in [0.15, 0.2) is 24.4 Å². The second kappa shape index (κ2) is 2.74.